The normalized spacial score (nSPS) is 17.2. The molecule has 3 N–H and O–H groups in total. The first-order valence-electron chi connectivity index (χ1n) is 20.3. The molecule has 0 radical (unpaired) electrons. The van der Waals surface area contributed by atoms with E-state index in [0.29, 0.717) is 36.0 Å². The van der Waals surface area contributed by atoms with Crippen LogP contribution >= 0.6 is 0 Å². The highest BCUT2D eigenvalue weighted by Gasteiger charge is 2.38. The number of carbonyl (C=O) groups is 4. The molecule has 59 heavy (non-hydrogen) atoms. The third kappa shape index (κ3) is 8.25. The lowest BCUT2D eigenvalue weighted by molar-refractivity contribution is -0.131. The second-order valence-corrected chi connectivity index (χ2v) is 15.8. The van der Waals surface area contributed by atoms with Crippen molar-refractivity contribution in [3.8, 4) is 22.8 Å². The van der Waals surface area contributed by atoms with Crippen molar-refractivity contribution in [3.63, 3.8) is 0 Å². The van der Waals surface area contributed by atoms with Crippen molar-refractivity contribution >= 4 is 47.0 Å². The summed E-state index contributed by atoms with van der Waals surface area (Å²) in [6.07, 6.45) is 4.65. The molecule has 15 heteroatoms. The maximum atomic E-state index is 13.4. The number of carbonyl (C=O) groups excluding carboxylic acids is 4. The van der Waals surface area contributed by atoms with Crippen molar-refractivity contribution < 1.29 is 23.9 Å². The standard InChI is InChI=1S/C44H50N10O5/c1-29-21-33(12-15-37(29)44(58)53(28-56)38(9-6-20-55)43(57)46-2)52-23-30(24-52)22-50-25-34(26-50)51-18-16-32(17-19-51)54-42-39(41(45)47-27-48-42)40(49-54)31-10-13-36(14-11-31)59-35-7-4-3-5-8-35/h3-5,7-8,10-15,20-21,27-28,30,32,34,38H,6,9,16-19,22-26H2,1-2H3,(H,46,57)(H2,45,47,48). The molecule has 0 bridgehead atoms. The van der Waals surface area contributed by atoms with Crippen molar-refractivity contribution in [1.82, 2.24) is 39.8 Å². The van der Waals surface area contributed by atoms with Gasteiger partial charge in [0.2, 0.25) is 12.3 Å². The van der Waals surface area contributed by atoms with Gasteiger partial charge in [-0.3, -0.25) is 29.1 Å². The van der Waals surface area contributed by atoms with E-state index in [4.69, 9.17) is 15.6 Å². The van der Waals surface area contributed by atoms with E-state index < -0.39 is 17.9 Å². The van der Waals surface area contributed by atoms with E-state index in [1.54, 1.807) is 6.07 Å². The van der Waals surface area contributed by atoms with Crippen LogP contribution in [-0.4, -0.2) is 124 Å². The zero-order valence-corrected chi connectivity index (χ0v) is 33.4. The first-order chi connectivity index (χ1) is 28.7. The van der Waals surface area contributed by atoms with Crippen LogP contribution < -0.4 is 20.7 Å². The number of hydrogen-bond donors (Lipinski definition) is 2. The molecule has 3 aliphatic rings. The highest BCUT2D eigenvalue weighted by molar-refractivity contribution is 6.04. The number of benzene rings is 3. The molecule has 1 atom stereocenters. The number of nitrogens with two attached hydrogens (primary N) is 1. The van der Waals surface area contributed by atoms with Crippen LogP contribution in [0.1, 0.15) is 47.6 Å². The third-order valence-corrected chi connectivity index (χ3v) is 12.0. The second kappa shape index (κ2) is 17.3. The maximum absolute atomic E-state index is 13.4. The molecule has 306 valence electrons. The first kappa shape index (κ1) is 39.6. The Morgan fingerprint density at radius 3 is 2.36 bits per heavy atom. The molecule has 3 fully saturated rings. The van der Waals surface area contributed by atoms with Gasteiger partial charge in [0.1, 0.15) is 41.7 Å². The molecule has 0 saturated carbocycles. The lowest BCUT2D eigenvalue weighted by atomic mass is 9.94. The number of nitrogens with one attached hydrogen (secondary N) is 1. The van der Waals surface area contributed by atoms with Gasteiger partial charge in [0.15, 0.2) is 5.65 Å². The van der Waals surface area contributed by atoms with Crippen LogP contribution in [-0.2, 0) is 14.4 Å². The smallest absolute Gasteiger partial charge is 0.261 e. The zero-order chi connectivity index (χ0) is 41.0. The van der Waals surface area contributed by atoms with Crippen molar-refractivity contribution in [1.29, 1.82) is 0 Å². The molecule has 5 aromatic rings. The van der Waals surface area contributed by atoms with Gasteiger partial charge in [-0.2, -0.15) is 5.10 Å². The van der Waals surface area contributed by atoms with Gasteiger partial charge in [0, 0.05) is 88.1 Å². The number of likely N-dealkylation sites (tertiary alicyclic amines) is 2. The predicted molar refractivity (Wildman–Crippen MR) is 224 cm³/mol. The Kier molecular flexibility index (Phi) is 11.7. The molecule has 8 rings (SSSR count). The van der Waals surface area contributed by atoms with Crippen molar-refractivity contribution in [3.05, 3.63) is 90.3 Å². The average molecular weight is 799 g/mol. The van der Waals surface area contributed by atoms with Crippen LogP contribution in [0.5, 0.6) is 11.5 Å². The topological polar surface area (TPSA) is 172 Å². The molecule has 3 saturated heterocycles. The predicted octanol–water partition coefficient (Wildman–Crippen LogP) is 4.33. The van der Waals surface area contributed by atoms with E-state index in [1.165, 1.54) is 13.4 Å². The number of aromatic nitrogens is 4. The van der Waals surface area contributed by atoms with Gasteiger partial charge < -0.3 is 25.5 Å². The van der Waals surface area contributed by atoms with Gasteiger partial charge in [-0.25, -0.2) is 14.6 Å². The van der Waals surface area contributed by atoms with E-state index in [2.05, 4.69) is 34.7 Å². The molecular formula is C44H50N10O5. The number of nitrogen functional groups attached to an aromatic ring is 1. The molecule has 0 spiro atoms. The number of anilines is 2. The summed E-state index contributed by atoms with van der Waals surface area (Å²) in [7, 11) is 1.44. The van der Waals surface area contributed by atoms with Gasteiger partial charge >= 0.3 is 0 Å². The zero-order valence-electron chi connectivity index (χ0n) is 33.4. The number of rotatable bonds is 15. The van der Waals surface area contributed by atoms with Crippen LogP contribution in [0.4, 0.5) is 11.5 Å². The lowest BCUT2D eigenvalue weighted by Gasteiger charge is -2.51. The van der Waals surface area contributed by atoms with Crippen molar-refractivity contribution in [2.75, 3.05) is 63.5 Å². The molecule has 0 aliphatic carbocycles. The number of likely N-dealkylation sites (N-methyl/N-ethyl adjacent to an activating group) is 1. The van der Waals surface area contributed by atoms with Gasteiger partial charge in [-0.1, -0.05) is 18.2 Å². The Bertz CT molecular complexity index is 2300. The third-order valence-electron chi connectivity index (χ3n) is 12.0. The Hall–Kier alpha value is -6.19. The Morgan fingerprint density at radius 1 is 0.949 bits per heavy atom. The summed E-state index contributed by atoms with van der Waals surface area (Å²) in [4.78, 5) is 66.1. The number of nitrogens with zero attached hydrogens (tertiary/aromatic N) is 8. The number of amides is 3. The number of para-hydroxylation sites is 1. The monoisotopic (exact) mass is 798 g/mol. The molecular weight excluding hydrogens is 749 g/mol. The van der Waals surface area contributed by atoms with Crippen molar-refractivity contribution in [2.24, 2.45) is 5.92 Å². The minimum Gasteiger partial charge on any atom is -0.457 e. The minimum atomic E-state index is -1.05. The maximum Gasteiger partial charge on any atom is 0.261 e. The average Bonchev–Trinajstić information content (AvgIpc) is 3.62. The number of imide groups is 1. The van der Waals surface area contributed by atoms with E-state index in [9.17, 15) is 19.2 Å². The molecule has 15 nitrogen and oxygen atoms in total. The Balaban J connectivity index is 0.815. The van der Waals surface area contributed by atoms with Gasteiger partial charge in [-0.15, -0.1) is 0 Å². The number of aldehydes is 1. The van der Waals surface area contributed by atoms with Crippen LogP contribution in [0.2, 0.25) is 0 Å². The fourth-order valence-corrected chi connectivity index (χ4v) is 8.71. The summed E-state index contributed by atoms with van der Waals surface area (Å²) in [5, 5.41) is 8.37. The fourth-order valence-electron chi connectivity index (χ4n) is 8.71. The number of aryl methyl sites for hydroxylation is 1. The van der Waals surface area contributed by atoms with Crippen LogP contribution in [0, 0.1) is 12.8 Å². The fraction of sp³-hybridized carbons (Fsp3) is 0.386. The van der Waals surface area contributed by atoms with Gasteiger partial charge in [0.05, 0.1) is 11.4 Å². The van der Waals surface area contributed by atoms with E-state index >= 15 is 0 Å². The summed E-state index contributed by atoms with van der Waals surface area (Å²) in [6.45, 7) is 8.88. The Morgan fingerprint density at radius 2 is 1.68 bits per heavy atom. The minimum absolute atomic E-state index is 0.0593. The van der Waals surface area contributed by atoms with Crippen LogP contribution in [0.15, 0.2) is 79.1 Å². The lowest BCUT2D eigenvalue weighted by Crippen LogP contribution is -2.63. The first-order valence-corrected chi connectivity index (χ1v) is 20.3. The molecule has 3 amide bonds. The molecule has 3 aromatic carbocycles. The quantitative estimate of drug-likeness (QED) is 0.144. The largest absolute Gasteiger partial charge is 0.457 e. The van der Waals surface area contributed by atoms with Gasteiger partial charge in [0.25, 0.3) is 5.91 Å². The molecule has 1 unspecified atom stereocenters. The van der Waals surface area contributed by atoms with E-state index in [-0.39, 0.29) is 18.9 Å². The second-order valence-electron chi connectivity index (χ2n) is 15.8. The summed E-state index contributed by atoms with van der Waals surface area (Å²) in [5.41, 5.74) is 11.0. The summed E-state index contributed by atoms with van der Waals surface area (Å²) >= 11 is 0. The van der Waals surface area contributed by atoms with Gasteiger partial charge in [-0.05, 0) is 86.3 Å². The molecule has 2 aromatic heterocycles. The highest BCUT2D eigenvalue weighted by Crippen LogP contribution is 2.36. The van der Waals surface area contributed by atoms with E-state index in [1.807, 2.05) is 73.7 Å². The Labute approximate surface area is 343 Å². The number of hydrogen-bond acceptors (Lipinski definition) is 12. The summed E-state index contributed by atoms with van der Waals surface area (Å²) < 4.78 is 8.07. The molecule has 3 aliphatic heterocycles. The number of piperidine rings is 1. The summed E-state index contributed by atoms with van der Waals surface area (Å²) in [5.74, 6) is 1.46. The van der Waals surface area contributed by atoms with Crippen molar-refractivity contribution in [2.45, 2.75) is 50.7 Å². The van der Waals surface area contributed by atoms with E-state index in [0.717, 1.165) is 109 Å². The summed E-state index contributed by atoms with van der Waals surface area (Å²) in [6, 6.07) is 22.9. The van der Waals surface area contributed by atoms with Crippen LogP contribution in [0.3, 0.4) is 0 Å². The molecule has 5 heterocycles. The highest BCUT2D eigenvalue weighted by atomic mass is 16.5. The number of fused-ring (bicyclic) bond motifs is 1. The number of ether oxygens (including phenoxy) is 1. The SMILES string of the molecule is CNC(=O)C(CCC=O)N(C=O)C(=O)c1ccc(N2CC(CN3CC(N4CCC(n5nc(-c6ccc(Oc7ccccc7)cc6)c6c(N)ncnc65)CC4)C3)C2)cc1C. The van der Waals surface area contributed by atoms with Crippen LogP contribution in [0.25, 0.3) is 22.3 Å².